The molecule has 1 aliphatic heterocycles. The molecular formula is C18H24N2O3. The molecule has 1 aliphatic rings. The first kappa shape index (κ1) is 17.2. The molecule has 124 valence electrons. The van der Waals surface area contributed by atoms with Crippen LogP contribution in [0.2, 0.25) is 0 Å². The summed E-state index contributed by atoms with van der Waals surface area (Å²) in [5.41, 5.74) is 3.03. The number of imide groups is 1. The van der Waals surface area contributed by atoms with Gasteiger partial charge in [-0.25, -0.2) is 0 Å². The smallest absolute Gasteiger partial charge is 0.254 e. The summed E-state index contributed by atoms with van der Waals surface area (Å²) in [6.45, 7) is 6.82. The number of fused-ring (bicyclic) bond motifs is 1. The van der Waals surface area contributed by atoms with Crippen LogP contribution in [0.15, 0.2) is 18.2 Å². The minimum absolute atomic E-state index is 0.0356. The fraction of sp³-hybridized carbons (Fsp3) is 0.500. The quantitative estimate of drug-likeness (QED) is 0.786. The fourth-order valence-electron chi connectivity index (χ4n) is 2.87. The summed E-state index contributed by atoms with van der Waals surface area (Å²) >= 11 is 0. The minimum Gasteiger partial charge on any atom is -0.332 e. The first-order valence-electron chi connectivity index (χ1n) is 8.14. The number of hydrogen-bond donors (Lipinski definition) is 1. The average molecular weight is 316 g/mol. The Hall–Kier alpha value is -2.17. The maximum atomic E-state index is 12.6. The number of carbonyl (C=O) groups is 3. The van der Waals surface area contributed by atoms with Crippen molar-refractivity contribution >= 4 is 18.2 Å². The summed E-state index contributed by atoms with van der Waals surface area (Å²) in [5, 5.41) is 2.12. The van der Waals surface area contributed by atoms with Crippen LogP contribution >= 0.6 is 0 Å². The van der Waals surface area contributed by atoms with Gasteiger partial charge in [0.2, 0.25) is 12.3 Å². The molecule has 0 aromatic heterocycles. The number of benzene rings is 1. The highest BCUT2D eigenvalue weighted by Gasteiger charge is 2.31. The van der Waals surface area contributed by atoms with Gasteiger partial charge in [-0.3, -0.25) is 19.7 Å². The van der Waals surface area contributed by atoms with Crippen molar-refractivity contribution in [1.82, 2.24) is 10.2 Å². The van der Waals surface area contributed by atoms with E-state index in [1.165, 1.54) is 5.56 Å². The Morgan fingerprint density at radius 2 is 2.13 bits per heavy atom. The molecule has 0 radical (unpaired) electrons. The van der Waals surface area contributed by atoms with Gasteiger partial charge in [-0.1, -0.05) is 26.0 Å². The van der Waals surface area contributed by atoms with Crippen molar-refractivity contribution in [3.63, 3.8) is 0 Å². The van der Waals surface area contributed by atoms with E-state index < -0.39 is 0 Å². The minimum atomic E-state index is -0.310. The van der Waals surface area contributed by atoms with Gasteiger partial charge < -0.3 is 4.90 Å². The summed E-state index contributed by atoms with van der Waals surface area (Å²) in [5.74, 6) is 0.162. The second-order valence-corrected chi connectivity index (χ2v) is 6.23. The van der Waals surface area contributed by atoms with Crippen molar-refractivity contribution in [3.05, 3.63) is 34.9 Å². The Bertz CT molecular complexity index is 612. The van der Waals surface area contributed by atoms with Gasteiger partial charge in [0.25, 0.3) is 5.91 Å². The van der Waals surface area contributed by atoms with Crippen LogP contribution in [-0.2, 0) is 16.1 Å². The van der Waals surface area contributed by atoms with Crippen molar-refractivity contribution in [2.75, 3.05) is 0 Å². The van der Waals surface area contributed by atoms with E-state index in [-0.39, 0.29) is 24.3 Å². The molecule has 0 saturated carbocycles. The highest BCUT2D eigenvalue weighted by Crippen LogP contribution is 2.29. The monoisotopic (exact) mass is 316 g/mol. The van der Waals surface area contributed by atoms with Crippen molar-refractivity contribution in [2.24, 2.45) is 0 Å². The van der Waals surface area contributed by atoms with E-state index in [9.17, 15) is 14.4 Å². The molecule has 2 atom stereocenters. The lowest BCUT2D eigenvalue weighted by Crippen LogP contribution is -2.34. The molecule has 0 aliphatic carbocycles. The van der Waals surface area contributed by atoms with Gasteiger partial charge in [-0.05, 0) is 42.9 Å². The summed E-state index contributed by atoms with van der Waals surface area (Å²) in [6.07, 6.45) is 2.20. The molecule has 2 rings (SSSR count). The fourth-order valence-corrected chi connectivity index (χ4v) is 2.87. The first-order valence-corrected chi connectivity index (χ1v) is 8.14. The predicted octanol–water partition coefficient (Wildman–Crippen LogP) is 2.60. The summed E-state index contributed by atoms with van der Waals surface area (Å²) in [4.78, 5) is 36.0. The molecule has 1 N–H and O–H groups in total. The molecule has 0 spiro atoms. The van der Waals surface area contributed by atoms with Gasteiger partial charge in [0.1, 0.15) is 0 Å². The Morgan fingerprint density at radius 1 is 1.39 bits per heavy atom. The maximum absolute atomic E-state index is 12.6. The summed E-state index contributed by atoms with van der Waals surface area (Å²) in [6, 6.07) is 6.11. The SMILES string of the molecule is CCC(C)c1ccc2c(c1)C(=O)N(C(C)CCC(=O)NC=O)C2. The number of amides is 3. The van der Waals surface area contributed by atoms with Crippen molar-refractivity contribution < 1.29 is 14.4 Å². The number of carbonyl (C=O) groups excluding carboxylic acids is 3. The number of rotatable bonds is 7. The molecule has 2 unspecified atom stereocenters. The van der Waals surface area contributed by atoms with E-state index in [0.717, 1.165) is 17.5 Å². The van der Waals surface area contributed by atoms with Crippen molar-refractivity contribution in [1.29, 1.82) is 0 Å². The standard InChI is InChI=1S/C18H24N2O3/c1-4-12(2)14-6-7-15-10-20(18(23)16(15)9-14)13(3)5-8-17(22)19-11-21/h6-7,9,11-13H,4-5,8,10H2,1-3H3,(H,19,21,22). The zero-order valence-electron chi connectivity index (χ0n) is 14.0. The van der Waals surface area contributed by atoms with E-state index in [4.69, 9.17) is 0 Å². The molecule has 1 heterocycles. The second kappa shape index (κ2) is 7.40. The summed E-state index contributed by atoms with van der Waals surface area (Å²) in [7, 11) is 0. The van der Waals surface area contributed by atoms with Crippen LogP contribution in [0.5, 0.6) is 0 Å². The molecule has 0 saturated heterocycles. The van der Waals surface area contributed by atoms with Gasteiger partial charge in [-0.15, -0.1) is 0 Å². The molecular weight excluding hydrogens is 292 g/mol. The van der Waals surface area contributed by atoms with E-state index >= 15 is 0 Å². The van der Waals surface area contributed by atoms with Crippen LogP contribution in [0.1, 0.15) is 67.4 Å². The van der Waals surface area contributed by atoms with Gasteiger partial charge in [0, 0.05) is 24.6 Å². The zero-order valence-corrected chi connectivity index (χ0v) is 14.0. The molecule has 5 nitrogen and oxygen atoms in total. The third-order valence-electron chi connectivity index (χ3n) is 4.69. The zero-order chi connectivity index (χ0) is 17.0. The molecule has 1 aromatic carbocycles. The predicted molar refractivity (Wildman–Crippen MR) is 87.9 cm³/mol. The maximum Gasteiger partial charge on any atom is 0.254 e. The Kier molecular flexibility index (Phi) is 5.53. The normalized spacial score (nSPS) is 16.0. The van der Waals surface area contributed by atoms with Gasteiger partial charge >= 0.3 is 0 Å². The van der Waals surface area contributed by atoms with E-state index in [1.807, 2.05) is 19.1 Å². The van der Waals surface area contributed by atoms with Gasteiger partial charge in [-0.2, -0.15) is 0 Å². The molecule has 23 heavy (non-hydrogen) atoms. The lowest BCUT2D eigenvalue weighted by Gasteiger charge is -2.23. The third-order valence-corrected chi connectivity index (χ3v) is 4.69. The molecule has 0 bridgehead atoms. The van der Waals surface area contributed by atoms with Crippen LogP contribution in [0.3, 0.4) is 0 Å². The van der Waals surface area contributed by atoms with Crippen molar-refractivity contribution in [3.8, 4) is 0 Å². The topological polar surface area (TPSA) is 66.5 Å². The lowest BCUT2D eigenvalue weighted by molar-refractivity contribution is -0.125. The number of hydrogen-bond acceptors (Lipinski definition) is 3. The number of nitrogens with one attached hydrogen (secondary N) is 1. The van der Waals surface area contributed by atoms with Crippen LogP contribution in [0, 0.1) is 0 Å². The Morgan fingerprint density at radius 3 is 2.78 bits per heavy atom. The lowest BCUT2D eigenvalue weighted by atomic mass is 9.95. The highest BCUT2D eigenvalue weighted by molar-refractivity contribution is 5.98. The third kappa shape index (κ3) is 3.78. The average Bonchev–Trinajstić information content (AvgIpc) is 2.88. The first-order chi connectivity index (χ1) is 11.0. The Labute approximate surface area is 137 Å². The van der Waals surface area contributed by atoms with Crippen molar-refractivity contribution in [2.45, 2.75) is 58.5 Å². The number of nitrogens with zero attached hydrogens (tertiary/aromatic N) is 1. The van der Waals surface area contributed by atoms with E-state index in [2.05, 4.69) is 25.2 Å². The molecule has 3 amide bonds. The van der Waals surface area contributed by atoms with E-state index in [1.54, 1.807) is 4.90 Å². The largest absolute Gasteiger partial charge is 0.332 e. The van der Waals surface area contributed by atoms with Crippen LogP contribution in [0.25, 0.3) is 0 Å². The Balaban J connectivity index is 2.05. The van der Waals surface area contributed by atoms with Gasteiger partial charge in [0.15, 0.2) is 0 Å². The second-order valence-electron chi connectivity index (χ2n) is 6.23. The highest BCUT2D eigenvalue weighted by atomic mass is 16.2. The van der Waals surface area contributed by atoms with E-state index in [0.29, 0.717) is 25.3 Å². The van der Waals surface area contributed by atoms with Crippen LogP contribution in [0.4, 0.5) is 0 Å². The van der Waals surface area contributed by atoms with Crippen LogP contribution in [-0.4, -0.2) is 29.2 Å². The summed E-state index contributed by atoms with van der Waals surface area (Å²) < 4.78 is 0. The van der Waals surface area contributed by atoms with Crippen LogP contribution < -0.4 is 5.32 Å². The molecule has 5 heteroatoms. The molecule has 0 fully saturated rings. The van der Waals surface area contributed by atoms with Gasteiger partial charge in [0.05, 0.1) is 0 Å². The molecule has 1 aromatic rings.